The van der Waals surface area contributed by atoms with E-state index in [9.17, 15) is 13.2 Å². The third-order valence-electron chi connectivity index (χ3n) is 2.28. The summed E-state index contributed by atoms with van der Waals surface area (Å²) < 4.78 is 38.4. The molecule has 0 radical (unpaired) electrons. The Kier molecular flexibility index (Phi) is 3.37. The summed E-state index contributed by atoms with van der Waals surface area (Å²) in [6.07, 6.45) is -1.18. The van der Waals surface area contributed by atoms with Gasteiger partial charge < -0.3 is 0 Å². The molecular weight excluding hydrogens is 342 g/mol. The fourth-order valence-electron chi connectivity index (χ4n) is 1.50. The largest absolute Gasteiger partial charge is 0.417 e. The van der Waals surface area contributed by atoms with E-state index in [1.165, 1.54) is 6.07 Å². The van der Waals surface area contributed by atoms with Crippen LogP contribution >= 0.6 is 22.6 Å². The second-order valence-corrected chi connectivity index (χ2v) is 4.49. The minimum atomic E-state index is -4.32. The average molecular weight is 349 g/mol. The van der Waals surface area contributed by atoms with E-state index in [0.29, 0.717) is 11.1 Å². The number of rotatable bonds is 1. The van der Waals surface area contributed by atoms with Crippen LogP contribution in [0.4, 0.5) is 13.2 Å². The summed E-state index contributed by atoms with van der Waals surface area (Å²) in [5.74, 6) is 0. The zero-order valence-electron chi connectivity index (χ0n) is 8.50. The molecular formula is C12H7F3IN. The summed E-state index contributed by atoms with van der Waals surface area (Å²) in [5, 5.41) is 0. The fourth-order valence-corrected chi connectivity index (χ4v) is 2.47. The standard InChI is InChI=1S/C12H7F3IN/c13-12(14,15)10-5-1-4-9(11(10)16)8-3-2-6-17-7-8/h1-7H. The Hall–Kier alpha value is -1.11. The van der Waals surface area contributed by atoms with E-state index in [1.54, 1.807) is 53.2 Å². The molecule has 17 heavy (non-hydrogen) atoms. The van der Waals surface area contributed by atoms with Crippen molar-refractivity contribution in [2.45, 2.75) is 6.18 Å². The first-order chi connectivity index (χ1) is 8.00. The van der Waals surface area contributed by atoms with Gasteiger partial charge in [-0.1, -0.05) is 18.2 Å². The molecule has 0 atom stereocenters. The first-order valence-electron chi connectivity index (χ1n) is 4.76. The molecule has 88 valence electrons. The Balaban J connectivity index is 2.58. The predicted molar refractivity (Wildman–Crippen MR) is 67.4 cm³/mol. The number of hydrogen-bond acceptors (Lipinski definition) is 1. The first kappa shape index (κ1) is 12.3. The van der Waals surface area contributed by atoms with Gasteiger partial charge in [0.2, 0.25) is 0 Å². The number of hydrogen-bond donors (Lipinski definition) is 0. The molecule has 1 aromatic carbocycles. The Morgan fingerprint density at radius 2 is 1.82 bits per heavy atom. The maximum absolute atomic E-state index is 12.7. The van der Waals surface area contributed by atoms with Gasteiger partial charge >= 0.3 is 6.18 Å². The number of aromatic nitrogens is 1. The summed E-state index contributed by atoms with van der Waals surface area (Å²) in [5.41, 5.74) is 0.621. The molecule has 5 heteroatoms. The average Bonchev–Trinajstić information content (AvgIpc) is 2.29. The van der Waals surface area contributed by atoms with E-state index in [2.05, 4.69) is 4.98 Å². The Labute approximate surface area is 110 Å². The summed E-state index contributed by atoms with van der Waals surface area (Å²) in [7, 11) is 0. The number of halogens is 4. The normalized spacial score (nSPS) is 11.5. The minimum Gasteiger partial charge on any atom is -0.264 e. The monoisotopic (exact) mass is 349 g/mol. The van der Waals surface area contributed by atoms with Crippen LogP contribution in [0.25, 0.3) is 11.1 Å². The van der Waals surface area contributed by atoms with E-state index in [-0.39, 0.29) is 3.57 Å². The van der Waals surface area contributed by atoms with Gasteiger partial charge in [-0.2, -0.15) is 13.2 Å². The summed E-state index contributed by atoms with van der Waals surface area (Å²) in [6, 6.07) is 7.60. The highest BCUT2D eigenvalue weighted by molar-refractivity contribution is 14.1. The van der Waals surface area contributed by atoms with Gasteiger partial charge in [0.15, 0.2) is 0 Å². The number of benzene rings is 1. The van der Waals surface area contributed by atoms with Crippen LogP contribution in [-0.4, -0.2) is 4.98 Å². The zero-order valence-corrected chi connectivity index (χ0v) is 10.7. The first-order valence-corrected chi connectivity index (χ1v) is 5.84. The highest BCUT2D eigenvalue weighted by atomic mass is 127. The van der Waals surface area contributed by atoms with E-state index < -0.39 is 11.7 Å². The molecule has 0 saturated carbocycles. The van der Waals surface area contributed by atoms with Crippen molar-refractivity contribution in [2.75, 3.05) is 0 Å². The zero-order chi connectivity index (χ0) is 12.5. The quantitative estimate of drug-likeness (QED) is 0.697. The van der Waals surface area contributed by atoms with Gasteiger partial charge in [0.25, 0.3) is 0 Å². The van der Waals surface area contributed by atoms with Gasteiger partial charge in [0.1, 0.15) is 0 Å². The van der Waals surface area contributed by atoms with E-state index in [1.807, 2.05) is 0 Å². The van der Waals surface area contributed by atoms with Crippen LogP contribution in [0.2, 0.25) is 0 Å². The van der Waals surface area contributed by atoms with Gasteiger partial charge in [0, 0.05) is 21.5 Å². The van der Waals surface area contributed by atoms with Crippen molar-refractivity contribution in [1.82, 2.24) is 4.98 Å². The fraction of sp³-hybridized carbons (Fsp3) is 0.0833. The molecule has 0 saturated heterocycles. The van der Waals surface area contributed by atoms with Gasteiger partial charge in [-0.15, -0.1) is 0 Å². The molecule has 0 spiro atoms. The van der Waals surface area contributed by atoms with E-state index >= 15 is 0 Å². The SMILES string of the molecule is FC(F)(F)c1cccc(-c2cccnc2)c1I. The van der Waals surface area contributed by atoms with Crippen molar-refractivity contribution in [1.29, 1.82) is 0 Å². The van der Waals surface area contributed by atoms with Crippen molar-refractivity contribution in [3.05, 3.63) is 51.9 Å². The van der Waals surface area contributed by atoms with Crippen LogP contribution < -0.4 is 0 Å². The van der Waals surface area contributed by atoms with Crippen molar-refractivity contribution < 1.29 is 13.2 Å². The Morgan fingerprint density at radius 1 is 1.06 bits per heavy atom. The second-order valence-electron chi connectivity index (χ2n) is 3.41. The molecule has 0 N–H and O–H groups in total. The summed E-state index contributed by atoms with van der Waals surface area (Å²) in [4.78, 5) is 3.91. The van der Waals surface area contributed by atoms with Crippen LogP contribution in [0.1, 0.15) is 5.56 Å². The third-order valence-corrected chi connectivity index (χ3v) is 3.44. The molecule has 1 heterocycles. The third kappa shape index (κ3) is 2.59. The predicted octanol–water partition coefficient (Wildman–Crippen LogP) is 4.37. The molecule has 0 bridgehead atoms. The second kappa shape index (κ2) is 4.64. The highest BCUT2D eigenvalue weighted by Crippen LogP contribution is 2.37. The maximum Gasteiger partial charge on any atom is 0.417 e. The minimum absolute atomic E-state index is 0.200. The highest BCUT2D eigenvalue weighted by Gasteiger charge is 2.33. The number of nitrogens with zero attached hydrogens (tertiary/aromatic N) is 1. The molecule has 0 amide bonds. The Bertz CT molecular complexity index is 523. The molecule has 2 rings (SSSR count). The molecule has 0 aliphatic heterocycles. The molecule has 0 fully saturated rings. The molecule has 1 nitrogen and oxygen atoms in total. The van der Waals surface area contributed by atoms with Crippen molar-refractivity contribution >= 4 is 22.6 Å². The molecule has 0 unspecified atom stereocenters. The molecule has 1 aromatic heterocycles. The molecule has 2 aromatic rings. The maximum atomic E-state index is 12.7. The number of alkyl halides is 3. The van der Waals surface area contributed by atoms with Crippen LogP contribution in [0.5, 0.6) is 0 Å². The van der Waals surface area contributed by atoms with Crippen LogP contribution in [-0.2, 0) is 6.18 Å². The van der Waals surface area contributed by atoms with Crippen LogP contribution in [0, 0.1) is 3.57 Å². The Morgan fingerprint density at radius 3 is 2.41 bits per heavy atom. The van der Waals surface area contributed by atoms with Gasteiger partial charge in [-0.05, 0) is 40.3 Å². The molecule has 0 aliphatic rings. The number of pyridine rings is 1. The summed E-state index contributed by atoms with van der Waals surface area (Å²) in [6.45, 7) is 0. The van der Waals surface area contributed by atoms with E-state index in [4.69, 9.17) is 0 Å². The van der Waals surface area contributed by atoms with Crippen LogP contribution in [0.3, 0.4) is 0 Å². The van der Waals surface area contributed by atoms with Gasteiger partial charge in [-0.3, -0.25) is 4.98 Å². The van der Waals surface area contributed by atoms with Crippen molar-refractivity contribution in [3.63, 3.8) is 0 Å². The molecule has 0 aliphatic carbocycles. The lowest BCUT2D eigenvalue weighted by atomic mass is 10.0. The van der Waals surface area contributed by atoms with Crippen LogP contribution in [0.15, 0.2) is 42.7 Å². The lowest BCUT2D eigenvalue weighted by Crippen LogP contribution is -2.08. The lowest BCUT2D eigenvalue weighted by Gasteiger charge is -2.12. The lowest BCUT2D eigenvalue weighted by molar-refractivity contribution is -0.138. The van der Waals surface area contributed by atoms with Gasteiger partial charge in [-0.25, -0.2) is 0 Å². The smallest absolute Gasteiger partial charge is 0.264 e. The summed E-state index contributed by atoms with van der Waals surface area (Å²) >= 11 is 1.72. The van der Waals surface area contributed by atoms with Gasteiger partial charge in [0.05, 0.1) is 5.56 Å². The topological polar surface area (TPSA) is 12.9 Å². The van der Waals surface area contributed by atoms with Crippen molar-refractivity contribution in [3.8, 4) is 11.1 Å². The van der Waals surface area contributed by atoms with E-state index in [0.717, 1.165) is 6.07 Å². The van der Waals surface area contributed by atoms with Crippen molar-refractivity contribution in [2.24, 2.45) is 0 Å².